The maximum absolute atomic E-state index is 12.1. The van der Waals surface area contributed by atoms with Crippen LogP contribution in [-0.4, -0.2) is 37.2 Å². The van der Waals surface area contributed by atoms with E-state index in [1.54, 1.807) is 5.32 Å². The molecular weight excluding hydrogens is 296 g/mol. The van der Waals surface area contributed by atoms with Crippen LogP contribution < -0.4 is 15.7 Å². The number of benzene rings is 1. The number of quaternary nitrogens is 1. The molecule has 1 amide bonds. The fourth-order valence-electron chi connectivity index (χ4n) is 2.76. The molecule has 6 heteroatoms. The SMILES string of the molecule is CCc1ccccc1NC(=O)C[C@@H]([NH2+]C[C@H]1CCCO1)C(=O)[O-]. The van der Waals surface area contributed by atoms with Gasteiger partial charge in [-0.05, 0) is 30.9 Å². The van der Waals surface area contributed by atoms with Gasteiger partial charge >= 0.3 is 0 Å². The van der Waals surface area contributed by atoms with Gasteiger partial charge in [0.1, 0.15) is 18.7 Å². The maximum Gasteiger partial charge on any atom is 0.230 e. The molecule has 126 valence electrons. The predicted octanol–water partition coefficient (Wildman–Crippen LogP) is -0.561. The molecule has 1 saturated heterocycles. The van der Waals surface area contributed by atoms with Crippen LogP contribution in [0.4, 0.5) is 5.69 Å². The molecule has 2 atom stereocenters. The van der Waals surface area contributed by atoms with E-state index in [9.17, 15) is 14.7 Å². The van der Waals surface area contributed by atoms with E-state index in [1.807, 2.05) is 31.2 Å². The van der Waals surface area contributed by atoms with Gasteiger partial charge in [-0.3, -0.25) is 4.79 Å². The maximum atomic E-state index is 12.1. The molecule has 0 unspecified atom stereocenters. The highest BCUT2D eigenvalue weighted by atomic mass is 16.5. The number of para-hydroxylation sites is 1. The van der Waals surface area contributed by atoms with E-state index in [-0.39, 0.29) is 18.4 Å². The van der Waals surface area contributed by atoms with Gasteiger partial charge in [0.2, 0.25) is 5.91 Å². The number of carboxylic acid groups (broad SMARTS) is 1. The van der Waals surface area contributed by atoms with E-state index >= 15 is 0 Å². The molecule has 2 rings (SSSR count). The van der Waals surface area contributed by atoms with Crippen molar-refractivity contribution in [2.75, 3.05) is 18.5 Å². The Morgan fingerprint density at radius 3 is 2.87 bits per heavy atom. The van der Waals surface area contributed by atoms with Gasteiger partial charge < -0.3 is 25.3 Å². The lowest BCUT2D eigenvalue weighted by molar-refractivity contribution is -0.687. The first-order chi connectivity index (χ1) is 11.1. The fourth-order valence-corrected chi connectivity index (χ4v) is 2.76. The van der Waals surface area contributed by atoms with E-state index in [1.165, 1.54) is 0 Å². The number of nitrogens with one attached hydrogen (secondary N) is 1. The van der Waals surface area contributed by atoms with E-state index in [0.29, 0.717) is 6.54 Å². The molecule has 0 aromatic heterocycles. The molecular formula is C17H24N2O4. The monoisotopic (exact) mass is 320 g/mol. The molecule has 1 aromatic carbocycles. The molecule has 3 N–H and O–H groups in total. The highest BCUT2D eigenvalue weighted by molar-refractivity contribution is 5.94. The number of rotatable bonds is 8. The third-order valence-corrected chi connectivity index (χ3v) is 4.09. The molecule has 0 aliphatic carbocycles. The van der Waals surface area contributed by atoms with Crippen LogP contribution in [-0.2, 0) is 20.7 Å². The lowest BCUT2D eigenvalue weighted by Crippen LogP contribution is -2.94. The van der Waals surface area contributed by atoms with Gasteiger partial charge in [0.05, 0.1) is 12.4 Å². The Bertz CT molecular complexity index is 541. The van der Waals surface area contributed by atoms with Crippen LogP contribution in [0, 0.1) is 0 Å². The quantitative estimate of drug-likeness (QED) is 0.671. The lowest BCUT2D eigenvalue weighted by atomic mass is 10.1. The molecule has 0 spiro atoms. The molecule has 0 saturated carbocycles. The number of aliphatic carboxylic acids is 1. The molecule has 1 aliphatic heterocycles. The van der Waals surface area contributed by atoms with Gasteiger partial charge in [-0.25, -0.2) is 0 Å². The number of carbonyl (C=O) groups excluding carboxylic acids is 2. The number of hydrogen-bond donors (Lipinski definition) is 2. The smallest absolute Gasteiger partial charge is 0.230 e. The van der Waals surface area contributed by atoms with Crippen LogP contribution in [0.1, 0.15) is 31.7 Å². The molecule has 1 aliphatic rings. The van der Waals surface area contributed by atoms with Gasteiger partial charge in [-0.1, -0.05) is 25.1 Å². The van der Waals surface area contributed by atoms with Crippen molar-refractivity contribution in [3.63, 3.8) is 0 Å². The van der Waals surface area contributed by atoms with Crippen molar-refractivity contribution in [2.45, 2.75) is 44.8 Å². The van der Waals surface area contributed by atoms with Crippen LogP contribution in [0.15, 0.2) is 24.3 Å². The zero-order valence-electron chi connectivity index (χ0n) is 13.4. The van der Waals surface area contributed by atoms with Crippen molar-refractivity contribution in [1.29, 1.82) is 0 Å². The van der Waals surface area contributed by atoms with Crippen LogP contribution in [0.5, 0.6) is 0 Å². The second-order valence-electron chi connectivity index (χ2n) is 5.79. The predicted molar refractivity (Wildman–Crippen MR) is 83.6 cm³/mol. The second-order valence-corrected chi connectivity index (χ2v) is 5.79. The van der Waals surface area contributed by atoms with Crippen molar-refractivity contribution in [2.24, 2.45) is 0 Å². The summed E-state index contributed by atoms with van der Waals surface area (Å²) in [6, 6.07) is 6.62. The Hall–Kier alpha value is -1.92. The molecule has 1 heterocycles. The zero-order chi connectivity index (χ0) is 16.7. The summed E-state index contributed by atoms with van der Waals surface area (Å²) < 4.78 is 5.47. The summed E-state index contributed by atoms with van der Waals surface area (Å²) in [4.78, 5) is 23.4. The minimum Gasteiger partial charge on any atom is -0.544 e. The van der Waals surface area contributed by atoms with E-state index in [0.717, 1.165) is 37.1 Å². The van der Waals surface area contributed by atoms with Crippen molar-refractivity contribution < 1.29 is 24.7 Å². The molecule has 0 radical (unpaired) electrons. The van der Waals surface area contributed by atoms with Crippen molar-refractivity contribution in [1.82, 2.24) is 0 Å². The average Bonchev–Trinajstić information content (AvgIpc) is 3.05. The van der Waals surface area contributed by atoms with E-state index in [2.05, 4.69) is 5.32 Å². The Morgan fingerprint density at radius 2 is 2.22 bits per heavy atom. The summed E-state index contributed by atoms with van der Waals surface area (Å²) in [5, 5.41) is 15.7. The van der Waals surface area contributed by atoms with Gasteiger partial charge in [-0.2, -0.15) is 0 Å². The van der Waals surface area contributed by atoms with Crippen LogP contribution >= 0.6 is 0 Å². The van der Waals surface area contributed by atoms with Gasteiger partial charge in [0.25, 0.3) is 0 Å². The largest absolute Gasteiger partial charge is 0.544 e. The molecule has 1 fully saturated rings. The number of aryl methyl sites for hydroxylation is 1. The minimum absolute atomic E-state index is 0.0701. The first-order valence-electron chi connectivity index (χ1n) is 8.13. The van der Waals surface area contributed by atoms with Crippen molar-refractivity contribution in [3.8, 4) is 0 Å². The summed E-state index contributed by atoms with van der Waals surface area (Å²) in [7, 11) is 0. The van der Waals surface area contributed by atoms with Crippen LogP contribution in [0.25, 0.3) is 0 Å². The number of ether oxygens (including phenoxy) is 1. The highest BCUT2D eigenvalue weighted by Gasteiger charge is 2.23. The second kappa shape index (κ2) is 8.64. The lowest BCUT2D eigenvalue weighted by Gasteiger charge is -2.18. The zero-order valence-corrected chi connectivity index (χ0v) is 13.4. The Labute approximate surface area is 136 Å². The van der Waals surface area contributed by atoms with Crippen LogP contribution in [0.3, 0.4) is 0 Å². The molecule has 0 bridgehead atoms. The summed E-state index contributed by atoms with van der Waals surface area (Å²) in [6.45, 7) is 3.27. The number of carbonyl (C=O) groups is 2. The standard InChI is InChI=1S/C17H24N2O4/c1-2-12-6-3-4-8-14(12)19-16(20)10-15(17(21)22)18-11-13-7-5-9-23-13/h3-4,6,8,13,15,18H,2,5,7,9-11H2,1H3,(H,19,20)(H,21,22)/t13-,15-/m1/s1. The first kappa shape index (κ1) is 17.4. The molecule has 6 nitrogen and oxygen atoms in total. The van der Waals surface area contributed by atoms with Crippen LogP contribution in [0.2, 0.25) is 0 Å². The van der Waals surface area contributed by atoms with E-state index < -0.39 is 12.0 Å². The number of anilines is 1. The fraction of sp³-hybridized carbons (Fsp3) is 0.529. The Balaban J connectivity index is 1.88. The summed E-state index contributed by atoms with van der Waals surface area (Å²) in [6.07, 6.45) is 2.69. The average molecular weight is 320 g/mol. The third kappa shape index (κ3) is 5.33. The summed E-state index contributed by atoms with van der Waals surface area (Å²) in [5.74, 6) is -1.54. The Morgan fingerprint density at radius 1 is 1.43 bits per heavy atom. The minimum atomic E-state index is -1.22. The van der Waals surface area contributed by atoms with Crippen molar-refractivity contribution in [3.05, 3.63) is 29.8 Å². The van der Waals surface area contributed by atoms with Gasteiger partial charge in [-0.15, -0.1) is 0 Å². The topological polar surface area (TPSA) is 95.1 Å². The highest BCUT2D eigenvalue weighted by Crippen LogP contribution is 2.15. The van der Waals surface area contributed by atoms with Gasteiger partial charge in [0, 0.05) is 12.3 Å². The number of carboxylic acids is 1. The summed E-state index contributed by atoms with van der Waals surface area (Å²) >= 11 is 0. The first-order valence-corrected chi connectivity index (χ1v) is 8.13. The van der Waals surface area contributed by atoms with E-state index in [4.69, 9.17) is 4.74 Å². The number of hydrogen-bond acceptors (Lipinski definition) is 4. The summed E-state index contributed by atoms with van der Waals surface area (Å²) in [5.41, 5.74) is 1.76. The normalized spacial score (nSPS) is 18.6. The number of amides is 1. The molecule has 23 heavy (non-hydrogen) atoms. The Kier molecular flexibility index (Phi) is 6.55. The third-order valence-electron chi connectivity index (χ3n) is 4.09. The van der Waals surface area contributed by atoms with Crippen molar-refractivity contribution >= 4 is 17.6 Å². The molecule has 1 aromatic rings. The van der Waals surface area contributed by atoms with Gasteiger partial charge in [0.15, 0.2) is 0 Å². The number of nitrogens with two attached hydrogens (primary N) is 1.